The van der Waals surface area contributed by atoms with Crippen molar-refractivity contribution in [2.24, 2.45) is 11.8 Å². The highest BCUT2D eigenvalue weighted by Gasteiger charge is 2.22. The number of piperidine rings is 1. The lowest BCUT2D eigenvalue weighted by Crippen LogP contribution is -2.35. The third-order valence-corrected chi connectivity index (χ3v) is 5.58. The molecule has 1 fully saturated rings. The smallest absolute Gasteiger partial charge is 0.253 e. The average Bonchev–Trinajstić information content (AvgIpc) is 2.70. The van der Waals surface area contributed by atoms with Gasteiger partial charge in [0.25, 0.3) is 5.91 Å². The highest BCUT2D eigenvalue weighted by atomic mass is 16.2. The summed E-state index contributed by atoms with van der Waals surface area (Å²) in [7, 11) is 0. The molecule has 0 unspecified atom stereocenters. The molecule has 0 atom stereocenters. The molecule has 5 nitrogen and oxygen atoms in total. The number of carbonyl (C=O) groups excluding carboxylic acids is 2. The van der Waals surface area contributed by atoms with E-state index in [0.29, 0.717) is 30.1 Å². The van der Waals surface area contributed by atoms with Gasteiger partial charge >= 0.3 is 0 Å². The van der Waals surface area contributed by atoms with Crippen molar-refractivity contribution >= 4 is 23.2 Å². The molecule has 162 valence electrons. The lowest BCUT2D eigenvalue weighted by molar-refractivity contribution is -0.116. The highest BCUT2D eigenvalue weighted by Crippen LogP contribution is 2.29. The molecule has 0 saturated carbocycles. The van der Waals surface area contributed by atoms with E-state index in [9.17, 15) is 9.59 Å². The van der Waals surface area contributed by atoms with Gasteiger partial charge in [-0.3, -0.25) is 9.59 Å². The van der Waals surface area contributed by atoms with E-state index in [0.717, 1.165) is 63.2 Å². The highest BCUT2D eigenvalue weighted by molar-refractivity contribution is 6.02. The summed E-state index contributed by atoms with van der Waals surface area (Å²) in [6, 6.07) is 5.76. The standard InChI is InChI=1S/C24H39N3O2/c1-5-6-7-8-9-23(28)26-20-10-11-22(27-14-12-19(4)13-15-27)21(16-20)24(29)25-17-18(2)3/h10-11,16,18-19H,5-9,12-15,17H2,1-4H3,(H,25,29)(H,26,28). The van der Waals surface area contributed by atoms with E-state index >= 15 is 0 Å². The Balaban J connectivity index is 2.12. The number of amides is 2. The third-order valence-electron chi connectivity index (χ3n) is 5.58. The van der Waals surface area contributed by atoms with E-state index in [-0.39, 0.29) is 11.8 Å². The van der Waals surface area contributed by atoms with Crippen LogP contribution in [0.15, 0.2) is 18.2 Å². The number of anilines is 2. The topological polar surface area (TPSA) is 61.4 Å². The molecule has 1 saturated heterocycles. The van der Waals surface area contributed by atoms with Crippen molar-refractivity contribution in [2.45, 2.75) is 72.6 Å². The number of nitrogens with zero attached hydrogens (tertiary/aromatic N) is 1. The van der Waals surface area contributed by atoms with Crippen LogP contribution in [-0.2, 0) is 4.79 Å². The molecule has 0 spiro atoms. The Morgan fingerprint density at radius 3 is 2.52 bits per heavy atom. The number of carbonyl (C=O) groups is 2. The largest absolute Gasteiger partial charge is 0.371 e. The number of hydrogen-bond acceptors (Lipinski definition) is 3. The summed E-state index contributed by atoms with van der Waals surface area (Å²) in [6.45, 7) is 11.2. The van der Waals surface area contributed by atoms with Crippen LogP contribution >= 0.6 is 0 Å². The van der Waals surface area contributed by atoms with Gasteiger partial charge in [0, 0.05) is 37.4 Å². The van der Waals surface area contributed by atoms with Crippen molar-refractivity contribution in [3.05, 3.63) is 23.8 Å². The van der Waals surface area contributed by atoms with Crippen LogP contribution < -0.4 is 15.5 Å². The zero-order valence-corrected chi connectivity index (χ0v) is 18.7. The Morgan fingerprint density at radius 2 is 1.86 bits per heavy atom. The second-order valence-corrected chi connectivity index (χ2v) is 8.86. The van der Waals surface area contributed by atoms with Gasteiger partial charge in [-0.2, -0.15) is 0 Å². The average molecular weight is 402 g/mol. The first-order valence-corrected chi connectivity index (χ1v) is 11.4. The fourth-order valence-electron chi connectivity index (χ4n) is 3.65. The first-order chi connectivity index (χ1) is 13.9. The normalized spacial score (nSPS) is 14.9. The van der Waals surface area contributed by atoms with Crippen molar-refractivity contribution in [3.8, 4) is 0 Å². The minimum Gasteiger partial charge on any atom is -0.371 e. The number of nitrogens with one attached hydrogen (secondary N) is 2. The molecule has 0 aliphatic carbocycles. The SMILES string of the molecule is CCCCCCC(=O)Nc1ccc(N2CCC(C)CC2)c(C(=O)NCC(C)C)c1. The molecule has 29 heavy (non-hydrogen) atoms. The fraction of sp³-hybridized carbons (Fsp3) is 0.667. The summed E-state index contributed by atoms with van der Waals surface area (Å²) < 4.78 is 0. The van der Waals surface area contributed by atoms with Crippen molar-refractivity contribution in [2.75, 3.05) is 29.9 Å². The second kappa shape index (κ2) is 11.8. The van der Waals surface area contributed by atoms with Crippen molar-refractivity contribution in [1.29, 1.82) is 0 Å². The Morgan fingerprint density at radius 1 is 1.14 bits per heavy atom. The minimum atomic E-state index is -0.0635. The minimum absolute atomic E-state index is 0.0224. The molecule has 2 N–H and O–H groups in total. The van der Waals surface area contributed by atoms with E-state index in [2.05, 4.69) is 43.2 Å². The van der Waals surface area contributed by atoms with Gasteiger partial charge in [-0.25, -0.2) is 0 Å². The molecule has 5 heteroatoms. The molecule has 2 rings (SSSR count). The molecule has 0 bridgehead atoms. The molecule has 1 heterocycles. The van der Waals surface area contributed by atoms with Crippen LogP contribution in [0.2, 0.25) is 0 Å². The summed E-state index contributed by atoms with van der Waals surface area (Å²) >= 11 is 0. The van der Waals surface area contributed by atoms with Crippen molar-refractivity contribution in [1.82, 2.24) is 5.32 Å². The van der Waals surface area contributed by atoms with Crippen LogP contribution in [0.4, 0.5) is 11.4 Å². The van der Waals surface area contributed by atoms with Crippen LogP contribution in [0.5, 0.6) is 0 Å². The number of hydrogen-bond donors (Lipinski definition) is 2. The summed E-state index contributed by atoms with van der Waals surface area (Å²) in [5.41, 5.74) is 2.33. The molecule has 1 aliphatic heterocycles. The molecule has 1 aliphatic rings. The first kappa shape index (κ1) is 23.2. The van der Waals surface area contributed by atoms with Gasteiger partial charge in [-0.1, -0.05) is 47.0 Å². The molecular formula is C24H39N3O2. The summed E-state index contributed by atoms with van der Waals surface area (Å²) in [4.78, 5) is 27.5. The zero-order valence-electron chi connectivity index (χ0n) is 18.7. The summed E-state index contributed by atoms with van der Waals surface area (Å²) in [6.07, 6.45) is 7.13. The maximum atomic E-state index is 12.9. The Bertz CT molecular complexity index is 664. The quantitative estimate of drug-likeness (QED) is 0.529. The van der Waals surface area contributed by atoms with Crippen LogP contribution in [0.3, 0.4) is 0 Å². The van der Waals surface area contributed by atoms with Gasteiger partial charge in [-0.05, 0) is 49.3 Å². The molecule has 1 aromatic carbocycles. The zero-order chi connectivity index (χ0) is 21.2. The molecule has 1 aromatic rings. The lowest BCUT2D eigenvalue weighted by Gasteiger charge is -2.33. The summed E-state index contributed by atoms with van der Waals surface area (Å²) in [5, 5.41) is 6.02. The van der Waals surface area contributed by atoms with Crippen molar-refractivity contribution < 1.29 is 9.59 Å². The molecular weight excluding hydrogens is 362 g/mol. The number of unbranched alkanes of at least 4 members (excludes halogenated alkanes) is 3. The molecule has 0 radical (unpaired) electrons. The van der Waals surface area contributed by atoms with E-state index in [4.69, 9.17) is 0 Å². The van der Waals surface area contributed by atoms with E-state index < -0.39 is 0 Å². The number of rotatable bonds is 10. The predicted molar refractivity (Wildman–Crippen MR) is 122 cm³/mol. The van der Waals surface area contributed by atoms with Gasteiger partial charge in [-0.15, -0.1) is 0 Å². The second-order valence-electron chi connectivity index (χ2n) is 8.86. The lowest BCUT2D eigenvalue weighted by atomic mass is 9.97. The van der Waals surface area contributed by atoms with Gasteiger partial charge in [0.05, 0.1) is 5.56 Å². The fourth-order valence-corrected chi connectivity index (χ4v) is 3.65. The molecule has 2 amide bonds. The monoisotopic (exact) mass is 401 g/mol. The predicted octanol–water partition coefficient (Wildman–Crippen LogP) is 5.22. The Labute approximate surface area is 176 Å². The maximum absolute atomic E-state index is 12.9. The van der Waals surface area contributed by atoms with Crippen LogP contribution in [-0.4, -0.2) is 31.4 Å². The van der Waals surface area contributed by atoms with Crippen LogP contribution in [0.1, 0.15) is 83.0 Å². The first-order valence-electron chi connectivity index (χ1n) is 11.4. The van der Waals surface area contributed by atoms with E-state index in [1.54, 1.807) is 0 Å². The van der Waals surface area contributed by atoms with Gasteiger partial charge in [0.15, 0.2) is 0 Å². The summed E-state index contributed by atoms with van der Waals surface area (Å²) in [5.74, 6) is 1.08. The van der Waals surface area contributed by atoms with Gasteiger partial charge in [0.2, 0.25) is 5.91 Å². The van der Waals surface area contributed by atoms with E-state index in [1.165, 1.54) is 0 Å². The third kappa shape index (κ3) is 7.71. The van der Waals surface area contributed by atoms with E-state index in [1.807, 2.05) is 18.2 Å². The van der Waals surface area contributed by atoms with Crippen LogP contribution in [0.25, 0.3) is 0 Å². The Kier molecular flexibility index (Phi) is 9.49. The Hall–Kier alpha value is -2.04. The van der Waals surface area contributed by atoms with Crippen molar-refractivity contribution in [3.63, 3.8) is 0 Å². The number of benzene rings is 1. The maximum Gasteiger partial charge on any atom is 0.253 e. The van der Waals surface area contributed by atoms with Gasteiger partial charge in [0.1, 0.15) is 0 Å². The molecule has 0 aromatic heterocycles. The van der Waals surface area contributed by atoms with Crippen LogP contribution in [0, 0.1) is 11.8 Å². The van der Waals surface area contributed by atoms with Gasteiger partial charge < -0.3 is 15.5 Å².